The molecule has 0 spiro atoms. The fraction of sp³-hybridized carbons (Fsp3) is 0.400. The van der Waals surface area contributed by atoms with E-state index >= 15 is 0 Å². The average molecular weight is 221 g/mol. The van der Waals surface area contributed by atoms with Crippen LogP contribution >= 0.6 is 0 Å². The second-order valence-corrected chi connectivity index (χ2v) is 3.46. The van der Waals surface area contributed by atoms with Gasteiger partial charge >= 0.3 is 5.97 Å². The Hall–Kier alpha value is -1.98. The zero-order valence-corrected chi connectivity index (χ0v) is 8.77. The fourth-order valence-corrected chi connectivity index (χ4v) is 1.70. The number of hydrogen-bond acceptors (Lipinski definition) is 6. The van der Waals surface area contributed by atoms with Crippen LogP contribution in [0.4, 0.5) is 5.95 Å². The molecular weight excluding hydrogens is 210 g/mol. The molecule has 0 fully saturated rings. The number of esters is 1. The summed E-state index contributed by atoms with van der Waals surface area (Å²) in [7, 11) is 0. The number of anilines is 1. The van der Waals surface area contributed by atoms with Gasteiger partial charge in [0.25, 0.3) is 0 Å². The van der Waals surface area contributed by atoms with E-state index in [2.05, 4.69) is 9.97 Å². The highest BCUT2D eigenvalue weighted by molar-refractivity contribution is 6.11. The number of hydrogen-bond donors (Lipinski definition) is 1. The number of rotatable bonds is 2. The highest BCUT2D eigenvalue weighted by Crippen LogP contribution is 2.25. The predicted molar refractivity (Wildman–Crippen MR) is 54.6 cm³/mol. The van der Waals surface area contributed by atoms with Gasteiger partial charge in [0.1, 0.15) is 5.92 Å². The molecule has 0 aliphatic heterocycles. The molecule has 0 amide bonds. The molecule has 84 valence electrons. The number of ketones is 1. The van der Waals surface area contributed by atoms with Crippen LogP contribution in [0, 0.1) is 5.92 Å². The number of nitrogens with zero attached hydrogens (tertiary/aromatic N) is 2. The zero-order chi connectivity index (χ0) is 11.7. The Kier molecular flexibility index (Phi) is 2.55. The lowest BCUT2D eigenvalue weighted by Gasteiger charge is -2.05. The molecule has 1 aliphatic carbocycles. The molecule has 0 aromatic carbocycles. The number of Topliss-reactive ketones (excluding diaryl/α,β-unsaturated/α-hetero) is 1. The first-order valence-electron chi connectivity index (χ1n) is 4.95. The third-order valence-electron chi connectivity index (χ3n) is 2.44. The van der Waals surface area contributed by atoms with Crippen molar-refractivity contribution in [1.29, 1.82) is 0 Å². The Morgan fingerprint density at radius 1 is 1.69 bits per heavy atom. The number of nitrogens with two attached hydrogens (primary N) is 1. The van der Waals surface area contributed by atoms with E-state index in [0.29, 0.717) is 11.3 Å². The van der Waals surface area contributed by atoms with Crippen LogP contribution in [0.3, 0.4) is 0 Å². The number of nitrogen functional groups attached to an aromatic ring is 1. The molecule has 1 unspecified atom stereocenters. The van der Waals surface area contributed by atoms with Crippen LogP contribution in [-0.2, 0) is 16.0 Å². The second-order valence-electron chi connectivity index (χ2n) is 3.46. The van der Waals surface area contributed by atoms with E-state index in [-0.39, 0.29) is 24.8 Å². The van der Waals surface area contributed by atoms with Gasteiger partial charge in [0.15, 0.2) is 5.78 Å². The molecule has 16 heavy (non-hydrogen) atoms. The summed E-state index contributed by atoms with van der Waals surface area (Å²) >= 11 is 0. The Bertz CT molecular complexity index is 459. The van der Waals surface area contributed by atoms with Crippen LogP contribution < -0.4 is 5.73 Å². The van der Waals surface area contributed by atoms with E-state index in [4.69, 9.17) is 10.5 Å². The smallest absolute Gasteiger partial charge is 0.317 e. The van der Waals surface area contributed by atoms with Crippen molar-refractivity contribution in [3.05, 3.63) is 17.5 Å². The Morgan fingerprint density at radius 2 is 2.44 bits per heavy atom. The maximum atomic E-state index is 11.8. The molecule has 1 aliphatic rings. The molecule has 2 N–H and O–H groups in total. The molecule has 0 radical (unpaired) electrons. The quantitative estimate of drug-likeness (QED) is 0.557. The number of ether oxygens (including phenoxy) is 1. The van der Waals surface area contributed by atoms with Gasteiger partial charge in [-0.2, -0.15) is 0 Å². The van der Waals surface area contributed by atoms with Crippen LogP contribution in [-0.4, -0.2) is 28.3 Å². The van der Waals surface area contributed by atoms with Crippen molar-refractivity contribution in [1.82, 2.24) is 9.97 Å². The van der Waals surface area contributed by atoms with Gasteiger partial charge in [0.05, 0.1) is 17.9 Å². The molecule has 1 aromatic rings. The van der Waals surface area contributed by atoms with E-state index in [1.807, 2.05) is 0 Å². The first-order valence-corrected chi connectivity index (χ1v) is 4.95. The number of fused-ring (bicyclic) bond motifs is 1. The number of aromatic nitrogens is 2. The van der Waals surface area contributed by atoms with Crippen molar-refractivity contribution in [3.63, 3.8) is 0 Å². The summed E-state index contributed by atoms with van der Waals surface area (Å²) in [4.78, 5) is 31.0. The highest BCUT2D eigenvalue weighted by atomic mass is 16.5. The van der Waals surface area contributed by atoms with Gasteiger partial charge in [0, 0.05) is 12.6 Å². The maximum absolute atomic E-state index is 11.8. The van der Waals surface area contributed by atoms with E-state index in [1.165, 1.54) is 6.20 Å². The van der Waals surface area contributed by atoms with Gasteiger partial charge in [0.2, 0.25) is 5.95 Å². The molecule has 0 saturated heterocycles. The van der Waals surface area contributed by atoms with E-state index in [0.717, 1.165) is 0 Å². The summed E-state index contributed by atoms with van der Waals surface area (Å²) in [6.07, 6.45) is 1.61. The first-order chi connectivity index (χ1) is 7.63. The fourth-order valence-electron chi connectivity index (χ4n) is 1.70. The van der Waals surface area contributed by atoms with Crippen molar-refractivity contribution >= 4 is 17.7 Å². The third kappa shape index (κ3) is 1.62. The lowest BCUT2D eigenvalue weighted by atomic mass is 10.1. The van der Waals surface area contributed by atoms with Crippen LogP contribution in [0.1, 0.15) is 23.0 Å². The molecule has 0 bridgehead atoms. The molecular formula is C10H11N3O3. The Morgan fingerprint density at radius 3 is 3.12 bits per heavy atom. The van der Waals surface area contributed by atoms with Crippen LogP contribution in [0.25, 0.3) is 0 Å². The highest BCUT2D eigenvalue weighted by Gasteiger charge is 2.38. The van der Waals surface area contributed by atoms with Crippen LogP contribution in [0.15, 0.2) is 6.20 Å². The maximum Gasteiger partial charge on any atom is 0.317 e. The third-order valence-corrected chi connectivity index (χ3v) is 2.44. The molecule has 6 heteroatoms. The standard InChI is InChI=1S/C10H11N3O3/c1-2-16-9(15)5-3-7-6(8(5)14)4-12-10(11)13-7/h4-5H,2-3H2,1H3,(H2,11,12,13). The van der Waals surface area contributed by atoms with Crippen LogP contribution in [0.2, 0.25) is 0 Å². The predicted octanol–water partition coefficient (Wildman–Crippen LogP) is -0.0231. The summed E-state index contributed by atoms with van der Waals surface area (Å²) in [5.41, 5.74) is 6.30. The van der Waals surface area contributed by atoms with Gasteiger partial charge in [-0.1, -0.05) is 0 Å². The van der Waals surface area contributed by atoms with Crippen molar-refractivity contribution in [2.24, 2.45) is 5.92 Å². The SMILES string of the molecule is CCOC(=O)C1Cc2nc(N)ncc2C1=O. The minimum Gasteiger partial charge on any atom is -0.465 e. The second kappa shape index (κ2) is 3.88. The lowest BCUT2D eigenvalue weighted by molar-refractivity contribution is -0.145. The summed E-state index contributed by atoms with van der Waals surface area (Å²) < 4.78 is 4.82. The summed E-state index contributed by atoms with van der Waals surface area (Å²) in [5.74, 6) is -1.47. The van der Waals surface area contributed by atoms with E-state index in [9.17, 15) is 9.59 Å². The topological polar surface area (TPSA) is 95.2 Å². The Labute approximate surface area is 91.8 Å². The van der Waals surface area contributed by atoms with Crippen molar-refractivity contribution in [3.8, 4) is 0 Å². The summed E-state index contributed by atoms with van der Waals surface area (Å²) in [5, 5.41) is 0. The van der Waals surface area contributed by atoms with Crippen molar-refractivity contribution in [2.75, 3.05) is 12.3 Å². The van der Waals surface area contributed by atoms with Crippen molar-refractivity contribution in [2.45, 2.75) is 13.3 Å². The van der Waals surface area contributed by atoms with Gasteiger partial charge in [-0.05, 0) is 6.92 Å². The average Bonchev–Trinajstić information content (AvgIpc) is 2.56. The molecule has 1 aromatic heterocycles. The minimum absolute atomic E-state index is 0.107. The Balaban J connectivity index is 2.27. The molecule has 2 rings (SSSR count). The minimum atomic E-state index is -0.786. The number of carbonyl (C=O) groups excluding carboxylic acids is 2. The molecule has 0 saturated carbocycles. The molecule has 6 nitrogen and oxygen atoms in total. The van der Waals surface area contributed by atoms with Gasteiger partial charge < -0.3 is 10.5 Å². The van der Waals surface area contributed by atoms with Gasteiger partial charge in [-0.25, -0.2) is 9.97 Å². The monoisotopic (exact) mass is 221 g/mol. The largest absolute Gasteiger partial charge is 0.465 e. The summed E-state index contributed by atoms with van der Waals surface area (Å²) in [6.45, 7) is 1.95. The first kappa shape index (κ1) is 10.5. The zero-order valence-electron chi connectivity index (χ0n) is 8.77. The van der Waals surface area contributed by atoms with E-state index < -0.39 is 11.9 Å². The number of carbonyl (C=O) groups is 2. The molecule has 1 atom stereocenters. The summed E-state index contributed by atoms with van der Waals surface area (Å²) in [6, 6.07) is 0. The van der Waals surface area contributed by atoms with Crippen molar-refractivity contribution < 1.29 is 14.3 Å². The van der Waals surface area contributed by atoms with E-state index in [1.54, 1.807) is 6.92 Å². The normalized spacial score (nSPS) is 18.3. The van der Waals surface area contributed by atoms with Gasteiger partial charge in [-0.15, -0.1) is 0 Å². The lowest BCUT2D eigenvalue weighted by Crippen LogP contribution is -2.23. The van der Waals surface area contributed by atoms with Crippen LogP contribution in [0.5, 0.6) is 0 Å². The van der Waals surface area contributed by atoms with Gasteiger partial charge in [-0.3, -0.25) is 9.59 Å². The molecule has 1 heterocycles.